The molecule has 0 aliphatic heterocycles. The van der Waals surface area contributed by atoms with E-state index in [9.17, 15) is 10.1 Å². The van der Waals surface area contributed by atoms with Crippen molar-refractivity contribution in [2.45, 2.75) is 0 Å². The maximum atomic E-state index is 12.8. The number of hydrogen-bond acceptors (Lipinski definition) is 2. The molecule has 0 N–H and O–H groups in total. The summed E-state index contributed by atoms with van der Waals surface area (Å²) in [6.07, 6.45) is 0. The number of ketones is 1. The minimum Gasteiger partial charge on any atom is -0.289 e. The molecule has 0 aliphatic rings. The van der Waals surface area contributed by atoms with Gasteiger partial charge < -0.3 is 0 Å². The number of carbonyl (C=O) groups excluding carboxylic acids is 1. The van der Waals surface area contributed by atoms with Gasteiger partial charge in [0.15, 0.2) is 5.78 Å². The molecule has 0 saturated heterocycles. The van der Waals surface area contributed by atoms with Crippen LogP contribution in [-0.2, 0) is 0 Å². The molecule has 0 spiro atoms. The molecule has 3 rings (SSSR count). The summed E-state index contributed by atoms with van der Waals surface area (Å²) in [4.78, 5) is 12.8. The summed E-state index contributed by atoms with van der Waals surface area (Å²) in [6, 6.07) is 26.1. The van der Waals surface area contributed by atoms with Gasteiger partial charge in [-0.15, -0.1) is 0 Å². The predicted octanol–water partition coefficient (Wildman–Crippen LogP) is 4.46. The highest BCUT2D eigenvalue weighted by atomic mass is 16.1. The van der Waals surface area contributed by atoms with Crippen molar-refractivity contribution in [3.05, 3.63) is 95.6 Å². The van der Waals surface area contributed by atoms with Crippen LogP contribution in [0.5, 0.6) is 0 Å². The van der Waals surface area contributed by atoms with Crippen LogP contribution in [0, 0.1) is 11.3 Å². The van der Waals surface area contributed by atoms with Crippen molar-refractivity contribution >= 4 is 5.78 Å². The summed E-state index contributed by atoms with van der Waals surface area (Å²) < 4.78 is 0. The number of benzene rings is 3. The van der Waals surface area contributed by atoms with Gasteiger partial charge in [0.25, 0.3) is 0 Å². The topological polar surface area (TPSA) is 40.9 Å². The van der Waals surface area contributed by atoms with E-state index in [0.717, 1.165) is 5.56 Å². The lowest BCUT2D eigenvalue weighted by atomic mass is 9.90. The Balaban J connectivity index is 2.21. The summed E-state index contributed by atoms with van der Waals surface area (Å²) in [5, 5.41) is 9.40. The number of rotatable bonds is 3. The number of nitrogens with zero attached hydrogens (tertiary/aromatic N) is 1. The molecular formula is C20H13NO. The van der Waals surface area contributed by atoms with Crippen molar-refractivity contribution in [1.82, 2.24) is 0 Å². The molecule has 0 amide bonds. The summed E-state index contributed by atoms with van der Waals surface area (Å²) in [7, 11) is 0. The third-order valence-electron chi connectivity index (χ3n) is 3.53. The van der Waals surface area contributed by atoms with Gasteiger partial charge in [0.2, 0.25) is 0 Å². The number of nitriles is 1. The van der Waals surface area contributed by atoms with Gasteiger partial charge in [0.05, 0.1) is 11.6 Å². The third kappa shape index (κ3) is 2.53. The van der Waals surface area contributed by atoms with Gasteiger partial charge in [0.1, 0.15) is 0 Å². The quantitative estimate of drug-likeness (QED) is 0.666. The highest BCUT2D eigenvalue weighted by molar-refractivity contribution is 6.13. The molecule has 22 heavy (non-hydrogen) atoms. The van der Waals surface area contributed by atoms with Crippen LogP contribution in [0.4, 0.5) is 0 Å². The van der Waals surface area contributed by atoms with Gasteiger partial charge in [0, 0.05) is 16.7 Å². The SMILES string of the molecule is N#Cc1cccc(C(=O)c2ccccc2)c1-c1ccccc1. The molecular weight excluding hydrogens is 270 g/mol. The first-order chi connectivity index (χ1) is 10.8. The molecule has 0 bridgehead atoms. The van der Waals surface area contributed by atoms with E-state index in [1.807, 2.05) is 48.5 Å². The Bertz CT molecular complexity index is 846. The second kappa shape index (κ2) is 6.07. The van der Waals surface area contributed by atoms with Crippen molar-refractivity contribution in [2.75, 3.05) is 0 Å². The first-order valence-corrected chi connectivity index (χ1v) is 6.99. The molecule has 3 aromatic carbocycles. The smallest absolute Gasteiger partial charge is 0.193 e. The second-order valence-corrected chi connectivity index (χ2v) is 4.90. The monoisotopic (exact) mass is 283 g/mol. The Morgan fingerprint density at radius 1 is 0.773 bits per heavy atom. The number of carbonyl (C=O) groups is 1. The molecule has 2 nitrogen and oxygen atoms in total. The van der Waals surface area contributed by atoms with Crippen molar-refractivity contribution < 1.29 is 4.79 Å². The maximum Gasteiger partial charge on any atom is 0.193 e. The van der Waals surface area contributed by atoms with E-state index in [1.54, 1.807) is 30.3 Å². The van der Waals surface area contributed by atoms with Crippen LogP contribution in [0.1, 0.15) is 21.5 Å². The van der Waals surface area contributed by atoms with Crippen LogP contribution in [-0.4, -0.2) is 5.78 Å². The van der Waals surface area contributed by atoms with Crippen LogP contribution in [0.2, 0.25) is 0 Å². The predicted molar refractivity (Wildman–Crippen MR) is 86.5 cm³/mol. The fraction of sp³-hybridized carbons (Fsp3) is 0. The molecule has 0 aliphatic carbocycles. The summed E-state index contributed by atoms with van der Waals surface area (Å²) >= 11 is 0. The second-order valence-electron chi connectivity index (χ2n) is 4.90. The molecule has 2 heteroatoms. The zero-order valence-corrected chi connectivity index (χ0v) is 11.9. The van der Waals surface area contributed by atoms with E-state index >= 15 is 0 Å². The molecule has 0 radical (unpaired) electrons. The van der Waals surface area contributed by atoms with Crippen LogP contribution in [0.25, 0.3) is 11.1 Å². The van der Waals surface area contributed by atoms with Crippen LogP contribution in [0.15, 0.2) is 78.9 Å². The Hall–Kier alpha value is -3.18. The van der Waals surface area contributed by atoms with Gasteiger partial charge in [-0.05, 0) is 11.6 Å². The normalized spacial score (nSPS) is 9.95. The molecule has 0 atom stereocenters. The fourth-order valence-electron chi connectivity index (χ4n) is 2.50. The highest BCUT2D eigenvalue weighted by Crippen LogP contribution is 2.29. The molecule has 0 aromatic heterocycles. The summed E-state index contributed by atoms with van der Waals surface area (Å²) in [5.41, 5.74) is 3.25. The van der Waals surface area contributed by atoms with Gasteiger partial charge >= 0.3 is 0 Å². The van der Waals surface area contributed by atoms with Crippen molar-refractivity contribution in [1.29, 1.82) is 5.26 Å². The fourth-order valence-corrected chi connectivity index (χ4v) is 2.50. The lowest BCUT2D eigenvalue weighted by Crippen LogP contribution is -2.04. The highest BCUT2D eigenvalue weighted by Gasteiger charge is 2.17. The van der Waals surface area contributed by atoms with Crippen LogP contribution < -0.4 is 0 Å². The maximum absolute atomic E-state index is 12.8. The van der Waals surface area contributed by atoms with E-state index in [0.29, 0.717) is 22.3 Å². The lowest BCUT2D eigenvalue weighted by Gasteiger charge is -2.11. The summed E-state index contributed by atoms with van der Waals surface area (Å²) in [5.74, 6) is -0.0726. The Labute approximate surface area is 129 Å². The van der Waals surface area contributed by atoms with Gasteiger partial charge in [-0.25, -0.2) is 0 Å². The van der Waals surface area contributed by atoms with E-state index in [2.05, 4.69) is 6.07 Å². The van der Waals surface area contributed by atoms with Gasteiger partial charge in [-0.3, -0.25) is 4.79 Å². The first-order valence-electron chi connectivity index (χ1n) is 6.99. The van der Waals surface area contributed by atoms with Crippen LogP contribution in [0.3, 0.4) is 0 Å². The molecule has 0 fully saturated rings. The average molecular weight is 283 g/mol. The molecule has 3 aromatic rings. The van der Waals surface area contributed by atoms with Crippen LogP contribution >= 0.6 is 0 Å². The average Bonchev–Trinajstić information content (AvgIpc) is 2.62. The zero-order valence-electron chi connectivity index (χ0n) is 11.9. The first kappa shape index (κ1) is 13.8. The molecule has 0 heterocycles. The van der Waals surface area contributed by atoms with Gasteiger partial charge in [-0.2, -0.15) is 5.26 Å². The summed E-state index contributed by atoms with van der Waals surface area (Å²) in [6.45, 7) is 0. The minimum atomic E-state index is -0.0726. The van der Waals surface area contributed by atoms with E-state index in [-0.39, 0.29) is 5.78 Å². The van der Waals surface area contributed by atoms with Crippen molar-refractivity contribution in [2.24, 2.45) is 0 Å². The number of hydrogen-bond donors (Lipinski definition) is 0. The van der Waals surface area contributed by atoms with E-state index < -0.39 is 0 Å². The Kier molecular flexibility index (Phi) is 3.80. The largest absolute Gasteiger partial charge is 0.289 e. The van der Waals surface area contributed by atoms with E-state index in [1.165, 1.54) is 0 Å². The minimum absolute atomic E-state index is 0.0726. The molecule has 0 saturated carbocycles. The molecule has 0 unspecified atom stereocenters. The standard InChI is InChI=1S/C20H13NO/c21-14-17-12-7-13-18(19(17)15-8-3-1-4-9-15)20(22)16-10-5-2-6-11-16/h1-13H. The lowest BCUT2D eigenvalue weighted by molar-refractivity contribution is 0.103. The third-order valence-corrected chi connectivity index (χ3v) is 3.53. The zero-order chi connectivity index (χ0) is 15.4. The van der Waals surface area contributed by atoms with Crippen molar-refractivity contribution in [3.8, 4) is 17.2 Å². The Morgan fingerprint density at radius 2 is 1.41 bits per heavy atom. The Morgan fingerprint density at radius 3 is 2.05 bits per heavy atom. The van der Waals surface area contributed by atoms with Gasteiger partial charge in [-0.1, -0.05) is 72.8 Å². The molecule has 104 valence electrons. The van der Waals surface area contributed by atoms with E-state index in [4.69, 9.17) is 0 Å². The van der Waals surface area contributed by atoms with Crippen molar-refractivity contribution in [3.63, 3.8) is 0 Å².